The Bertz CT molecular complexity index is 680. The van der Waals surface area contributed by atoms with Crippen molar-refractivity contribution < 1.29 is 15.0 Å². The van der Waals surface area contributed by atoms with Crippen LogP contribution in [0, 0.1) is 17.3 Å². The normalized spacial score (nSPS) is 37.5. The molecular formula is C21H28O3. The van der Waals surface area contributed by atoms with Crippen molar-refractivity contribution in [3.8, 4) is 5.75 Å². The van der Waals surface area contributed by atoms with E-state index in [1.807, 2.05) is 19.1 Å². The van der Waals surface area contributed by atoms with E-state index in [1.165, 1.54) is 11.1 Å². The van der Waals surface area contributed by atoms with E-state index >= 15 is 0 Å². The third kappa shape index (κ3) is 2.17. The van der Waals surface area contributed by atoms with E-state index in [-0.39, 0.29) is 23.1 Å². The molecule has 0 unspecified atom stereocenters. The molecule has 3 heteroatoms. The first-order valence-electron chi connectivity index (χ1n) is 9.52. The standard InChI is InChI=1S/C21H28O3/c1-3-18(22)16-11-15-12(10-19(16)23)4-5-14-13(15)8-9-21(2)17(14)6-7-20(21)24/h10-11,13-14,17,20,23-24H,3-9H2,1-2H3/t13-,14+,17-,20-,21-/m0/s1. The summed E-state index contributed by atoms with van der Waals surface area (Å²) >= 11 is 0. The van der Waals surface area contributed by atoms with E-state index in [4.69, 9.17) is 0 Å². The molecule has 0 spiro atoms. The fraction of sp³-hybridized carbons (Fsp3) is 0.667. The SMILES string of the molecule is CCC(=O)c1cc2c(cc1O)CC[C@@H]1[C@@H]2CC[C@]2(C)[C@@H](O)CC[C@@H]12. The molecule has 24 heavy (non-hydrogen) atoms. The highest BCUT2D eigenvalue weighted by atomic mass is 16.3. The van der Waals surface area contributed by atoms with E-state index in [2.05, 4.69) is 6.92 Å². The molecular weight excluding hydrogens is 300 g/mol. The number of phenolic OH excluding ortho intramolecular Hbond substituents is 1. The van der Waals surface area contributed by atoms with Crippen molar-refractivity contribution >= 4 is 5.78 Å². The minimum absolute atomic E-state index is 0.0226. The van der Waals surface area contributed by atoms with Crippen LogP contribution in [0.2, 0.25) is 0 Å². The smallest absolute Gasteiger partial charge is 0.166 e. The summed E-state index contributed by atoms with van der Waals surface area (Å²) in [6.45, 7) is 4.12. The zero-order valence-electron chi connectivity index (χ0n) is 14.7. The summed E-state index contributed by atoms with van der Waals surface area (Å²) < 4.78 is 0. The van der Waals surface area contributed by atoms with Crippen LogP contribution in [0.15, 0.2) is 12.1 Å². The molecule has 2 N–H and O–H groups in total. The number of fused-ring (bicyclic) bond motifs is 5. The van der Waals surface area contributed by atoms with E-state index in [0.717, 1.165) is 38.5 Å². The molecule has 0 amide bonds. The molecule has 5 atom stereocenters. The highest BCUT2D eigenvalue weighted by Crippen LogP contribution is 2.61. The van der Waals surface area contributed by atoms with Gasteiger partial charge in [-0.1, -0.05) is 13.8 Å². The molecule has 130 valence electrons. The molecule has 3 aliphatic rings. The third-order valence-electron chi connectivity index (χ3n) is 7.41. The molecule has 2 fully saturated rings. The monoisotopic (exact) mass is 328 g/mol. The van der Waals surface area contributed by atoms with Gasteiger partial charge in [0.25, 0.3) is 0 Å². The molecule has 1 aromatic carbocycles. The lowest BCUT2D eigenvalue weighted by Gasteiger charge is -2.50. The first kappa shape index (κ1) is 16.1. The zero-order chi connectivity index (χ0) is 17.1. The summed E-state index contributed by atoms with van der Waals surface area (Å²) in [6.07, 6.45) is 6.62. The van der Waals surface area contributed by atoms with Crippen LogP contribution < -0.4 is 0 Å². The molecule has 0 radical (unpaired) electrons. The maximum absolute atomic E-state index is 12.2. The highest BCUT2D eigenvalue weighted by Gasteiger charge is 2.54. The van der Waals surface area contributed by atoms with Crippen molar-refractivity contribution in [3.63, 3.8) is 0 Å². The van der Waals surface area contributed by atoms with Crippen LogP contribution in [0.5, 0.6) is 5.75 Å². The molecule has 3 nitrogen and oxygen atoms in total. The number of hydrogen-bond acceptors (Lipinski definition) is 3. The van der Waals surface area contributed by atoms with Gasteiger partial charge in [0.05, 0.1) is 11.7 Å². The molecule has 0 heterocycles. The Labute approximate surface area is 144 Å². The Kier molecular flexibility index (Phi) is 3.76. The van der Waals surface area contributed by atoms with Crippen LogP contribution in [-0.4, -0.2) is 22.1 Å². The lowest BCUT2D eigenvalue weighted by molar-refractivity contribution is -0.0226. The van der Waals surface area contributed by atoms with Crippen LogP contribution in [-0.2, 0) is 6.42 Å². The Balaban J connectivity index is 1.73. The predicted octanol–water partition coefficient (Wildman–Crippen LogP) is 4.20. The molecule has 3 aliphatic carbocycles. The Morgan fingerprint density at radius 2 is 2.04 bits per heavy atom. The zero-order valence-corrected chi connectivity index (χ0v) is 14.7. The second-order valence-corrected chi connectivity index (χ2v) is 8.40. The number of aliphatic hydroxyl groups is 1. The van der Waals surface area contributed by atoms with Crippen LogP contribution in [0.1, 0.15) is 79.8 Å². The first-order valence-corrected chi connectivity index (χ1v) is 9.52. The summed E-state index contributed by atoms with van der Waals surface area (Å²) in [4.78, 5) is 12.2. The predicted molar refractivity (Wildman–Crippen MR) is 93.4 cm³/mol. The fourth-order valence-corrected chi connectivity index (χ4v) is 5.99. The Hall–Kier alpha value is -1.35. The van der Waals surface area contributed by atoms with Crippen molar-refractivity contribution in [3.05, 3.63) is 28.8 Å². The fourth-order valence-electron chi connectivity index (χ4n) is 5.99. The quantitative estimate of drug-likeness (QED) is 0.800. The molecule has 0 bridgehead atoms. The lowest BCUT2D eigenvalue weighted by atomic mass is 9.55. The van der Waals surface area contributed by atoms with Gasteiger partial charge in [-0.2, -0.15) is 0 Å². The van der Waals surface area contributed by atoms with Gasteiger partial charge in [-0.05, 0) is 85.0 Å². The Morgan fingerprint density at radius 3 is 2.79 bits per heavy atom. The largest absolute Gasteiger partial charge is 0.507 e. The van der Waals surface area contributed by atoms with Gasteiger partial charge < -0.3 is 10.2 Å². The van der Waals surface area contributed by atoms with Crippen molar-refractivity contribution in [2.24, 2.45) is 17.3 Å². The molecule has 1 aromatic rings. The number of phenols is 1. The van der Waals surface area contributed by atoms with Gasteiger partial charge in [-0.15, -0.1) is 0 Å². The average Bonchev–Trinajstić information content (AvgIpc) is 2.88. The van der Waals surface area contributed by atoms with Gasteiger partial charge in [0.2, 0.25) is 0 Å². The van der Waals surface area contributed by atoms with E-state index < -0.39 is 0 Å². The number of Topliss-reactive ketones (excluding diaryl/α,β-unsaturated/α-hetero) is 1. The summed E-state index contributed by atoms with van der Waals surface area (Å²) in [5.74, 6) is 1.87. The third-order valence-corrected chi connectivity index (χ3v) is 7.41. The number of rotatable bonds is 2. The maximum Gasteiger partial charge on any atom is 0.166 e. The first-order chi connectivity index (χ1) is 11.5. The minimum Gasteiger partial charge on any atom is -0.507 e. The molecule has 0 aliphatic heterocycles. The van der Waals surface area contributed by atoms with Crippen LogP contribution >= 0.6 is 0 Å². The number of carbonyl (C=O) groups excluding carboxylic acids is 1. The molecule has 2 saturated carbocycles. The summed E-state index contributed by atoms with van der Waals surface area (Å²) in [5, 5.41) is 20.7. The second kappa shape index (κ2) is 5.59. The van der Waals surface area contributed by atoms with Gasteiger partial charge in [-0.25, -0.2) is 0 Å². The van der Waals surface area contributed by atoms with Gasteiger partial charge >= 0.3 is 0 Å². The lowest BCUT2D eigenvalue weighted by Crippen LogP contribution is -2.43. The molecule has 4 rings (SSSR count). The van der Waals surface area contributed by atoms with Crippen LogP contribution in [0.3, 0.4) is 0 Å². The second-order valence-electron chi connectivity index (χ2n) is 8.40. The number of aromatic hydroxyl groups is 1. The topological polar surface area (TPSA) is 57.5 Å². The maximum atomic E-state index is 12.2. The van der Waals surface area contributed by atoms with Crippen molar-refractivity contribution in [2.75, 3.05) is 0 Å². The van der Waals surface area contributed by atoms with Crippen molar-refractivity contribution in [1.82, 2.24) is 0 Å². The van der Waals surface area contributed by atoms with Crippen molar-refractivity contribution in [1.29, 1.82) is 0 Å². The Morgan fingerprint density at radius 1 is 1.25 bits per heavy atom. The van der Waals surface area contributed by atoms with Gasteiger partial charge in [-0.3, -0.25) is 4.79 Å². The summed E-state index contributed by atoms with van der Waals surface area (Å²) in [7, 11) is 0. The van der Waals surface area contributed by atoms with Gasteiger partial charge in [0.1, 0.15) is 5.75 Å². The number of hydrogen-bond donors (Lipinski definition) is 2. The summed E-state index contributed by atoms with van der Waals surface area (Å²) in [6, 6.07) is 3.83. The van der Waals surface area contributed by atoms with Crippen LogP contribution in [0.4, 0.5) is 0 Å². The number of aryl methyl sites for hydroxylation is 1. The average molecular weight is 328 g/mol. The van der Waals surface area contributed by atoms with E-state index in [1.54, 1.807) is 0 Å². The van der Waals surface area contributed by atoms with Gasteiger partial charge in [0, 0.05) is 6.42 Å². The van der Waals surface area contributed by atoms with Gasteiger partial charge in [0.15, 0.2) is 5.78 Å². The highest BCUT2D eigenvalue weighted by molar-refractivity contribution is 5.98. The molecule has 0 aromatic heterocycles. The van der Waals surface area contributed by atoms with E-state index in [9.17, 15) is 15.0 Å². The van der Waals surface area contributed by atoms with Crippen LogP contribution in [0.25, 0.3) is 0 Å². The number of benzene rings is 1. The molecule has 0 saturated heterocycles. The number of ketones is 1. The minimum atomic E-state index is -0.151. The number of aliphatic hydroxyl groups excluding tert-OH is 1. The van der Waals surface area contributed by atoms with Crippen molar-refractivity contribution in [2.45, 2.75) is 70.8 Å². The van der Waals surface area contributed by atoms with E-state index in [0.29, 0.717) is 29.7 Å². The summed E-state index contributed by atoms with van der Waals surface area (Å²) in [5.41, 5.74) is 3.10. The number of carbonyl (C=O) groups is 1.